The average Bonchev–Trinajstić information content (AvgIpc) is 3.13. The van der Waals surface area contributed by atoms with E-state index in [1.807, 2.05) is 31.2 Å². The number of ether oxygens (including phenoxy) is 1. The first-order chi connectivity index (χ1) is 10.3. The van der Waals surface area contributed by atoms with Crippen LogP contribution in [0.4, 0.5) is 11.5 Å². The minimum atomic E-state index is 0.668. The van der Waals surface area contributed by atoms with Crippen molar-refractivity contribution in [1.82, 2.24) is 10.2 Å². The van der Waals surface area contributed by atoms with E-state index in [-0.39, 0.29) is 0 Å². The highest BCUT2D eigenvalue weighted by Gasteiger charge is 2.25. The standard InChI is InChI=1S/C16H15N3OS/c1-2-20-11-5-3-4-10(8-11)17-16-13-9-14-12(6-7-21-14)15(13)18-19-16/h3-8H,2,9H2,1H3,(H2,17,18,19). The van der Waals surface area contributed by atoms with Crippen molar-refractivity contribution in [3.8, 4) is 17.0 Å². The smallest absolute Gasteiger partial charge is 0.156 e. The van der Waals surface area contributed by atoms with Crippen LogP contribution in [-0.2, 0) is 6.42 Å². The Morgan fingerprint density at radius 2 is 2.33 bits per heavy atom. The third-order valence-electron chi connectivity index (χ3n) is 3.63. The lowest BCUT2D eigenvalue weighted by Gasteiger charge is -2.07. The molecule has 21 heavy (non-hydrogen) atoms. The number of nitrogens with zero attached hydrogens (tertiary/aromatic N) is 1. The predicted molar refractivity (Wildman–Crippen MR) is 85.6 cm³/mol. The van der Waals surface area contributed by atoms with Crippen molar-refractivity contribution in [3.05, 3.63) is 46.2 Å². The van der Waals surface area contributed by atoms with Crippen LogP contribution in [-0.4, -0.2) is 16.8 Å². The van der Waals surface area contributed by atoms with Gasteiger partial charge >= 0.3 is 0 Å². The molecule has 0 amide bonds. The number of rotatable bonds is 4. The molecule has 1 aromatic carbocycles. The number of hydrogen-bond acceptors (Lipinski definition) is 4. The van der Waals surface area contributed by atoms with E-state index in [0.29, 0.717) is 6.61 Å². The van der Waals surface area contributed by atoms with Gasteiger partial charge in [0.25, 0.3) is 0 Å². The number of fused-ring (bicyclic) bond motifs is 3. The molecule has 0 saturated carbocycles. The van der Waals surface area contributed by atoms with Gasteiger partial charge in [-0.05, 0) is 30.5 Å². The highest BCUT2D eigenvalue weighted by atomic mass is 32.1. The summed E-state index contributed by atoms with van der Waals surface area (Å²) < 4.78 is 5.53. The third kappa shape index (κ3) is 2.10. The summed E-state index contributed by atoms with van der Waals surface area (Å²) >= 11 is 1.80. The number of aromatic nitrogens is 2. The largest absolute Gasteiger partial charge is 0.494 e. The van der Waals surface area contributed by atoms with Crippen molar-refractivity contribution in [2.75, 3.05) is 11.9 Å². The van der Waals surface area contributed by atoms with Gasteiger partial charge in [-0.15, -0.1) is 11.3 Å². The maximum Gasteiger partial charge on any atom is 0.156 e. The van der Waals surface area contributed by atoms with E-state index in [1.54, 1.807) is 11.3 Å². The van der Waals surface area contributed by atoms with Gasteiger partial charge in [0.1, 0.15) is 5.75 Å². The minimum absolute atomic E-state index is 0.668. The lowest BCUT2D eigenvalue weighted by molar-refractivity contribution is 0.340. The van der Waals surface area contributed by atoms with Crippen molar-refractivity contribution < 1.29 is 4.74 Å². The molecule has 0 aliphatic heterocycles. The molecule has 106 valence electrons. The van der Waals surface area contributed by atoms with Crippen molar-refractivity contribution >= 4 is 22.8 Å². The van der Waals surface area contributed by atoms with Gasteiger partial charge in [0.05, 0.1) is 12.3 Å². The van der Waals surface area contributed by atoms with E-state index in [2.05, 4.69) is 27.0 Å². The van der Waals surface area contributed by atoms with E-state index < -0.39 is 0 Å². The molecule has 0 unspecified atom stereocenters. The summed E-state index contributed by atoms with van der Waals surface area (Å²) in [6.45, 7) is 2.65. The molecule has 1 aliphatic rings. The molecule has 1 aliphatic carbocycles. The Balaban J connectivity index is 1.62. The zero-order chi connectivity index (χ0) is 14.2. The van der Waals surface area contributed by atoms with Crippen LogP contribution in [0.5, 0.6) is 5.75 Å². The summed E-state index contributed by atoms with van der Waals surface area (Å²) in [5.74, 6) is 1.77. The van der Waals surface area contributed by atoms with Gasteiger partial charge in [-0.1, -0.05) is 6.07 Å². The molecule has 0 atom stereocenters. The monoisotopic (exact) mass is 297 g/mol. The lowest BCUT2D eigenvalue weighted by Crippen LogP contribution is -1.96. The first-order valence-corrected chi connectivity index (χ1v) is 7.87. The molecule has 4 nitrogen and oxygen atoms in total. The molecule has 0 radical (unpaired) electrons. The van der Waals surface area contributed by atoms with Crippen molar-refractivity contribution in [2.24, 2.45) is 0 Å². The summed E-state index contributed by atoms with van der Waals surface area (Å²) in [6, 6.07) is 10.1. The molecule has 0 bridgehead atoms. The summed E-state index contributed by atoms with van der Waals surface area (Å²) in [5.41, 5.74) is 4.68. The van der Waals surface area contributed by atoms with Gasteiger partial charge in [0.15, 0.2) is 5.82 Å². The van der Waals surface area contributed by atoms with Crippen LogP contribution in [0.2, 0.25) is 0 Å². The summed E-state index contributed by atoms with van der Waals surface area (Å²) in [5, 5.41) is 13.1. The first kappa shape index (κ1) is 12.5. The second kappa shape index (κ2) is 4.93. The molecular formula is C16H15N3OS. The predicted octanol–water partition coefficient (Wildman–Crippen LogP) is 4.18. The fourth-order valence-corrected chi connectivity index (χ4v) is 3.58. The quantitative estimate of drug-likeness (QED) is 0.594. The Morgan fingerprint density at radius 1 is 1.38 bits per heavy atom. The summed E-state index contributed by atoms with van der Waals surface area (Å²) in [6.07, 6.45) is 0.951. The first-order valence-electron chi connectivity index (χ1n) is 6.99. The average molecular weight is 297 g/mol. The van der Waals surface area contributed by atoms with Crippen LogP contribution >= 0.6 is 11.3 Å². The fraction of sp³-hybridized carbons (Fsp3) is 0.188. The Hall–Kier alpha value is -2.27. The van der Waals surface area contributed by atoms with E-state index in [9.17, 15) is 0 Å². The Labute approximate surface area is 126 Å². The Morgan fingerprint density at radius 3 is 3.24 bits per heavy atom. The number of aromatic amines is 1. The molecular weight excluding hydrogens is 282 g/mol. The number of anilines is 2. The lowest BCUT2D eigenvalue weighted by atomic mass is 10.2. The normalized spacial score (nSPS) is 12.0. The fourth-order valence-electron chi connectivity index (χ4n) is 2.69. The second-order valence-electron chi connectivity index (χ2n) is 4.95. The number of nitrogens with one attached hydrogen (secondary N) is 2. The number of hydrogen-bond donors (Lipinski definition) is 2. The van der Waals surface area contributed by atoms with Crippen LogP contribution in [0.15, 0.2) is 35.7 Å². The molecule has 0 spiro atoms. The number of thiophene rings is 1. The van der Waals surface area contributed by atoms with Crippen LogP contribution < -0.4 is 10.1 Å². The van der Waals surface area contributed by atoms with Crippen molar-refractivity contribution in [2.45, 2.75) is 13.3 Å². The third-order valence-corrected chi connectivity index (χ3v) is 4.55. The topological polar surface area (TPSA) is 49.9 Å². The van der Waals surface area contributed by atoms with Crippen molar-refractivity contribution in [1.29, 1.82) is 0 Å². The molecule has 5 heteroatoms. The number of H-pyrrole nitrogens is 1. The van der Waals surface area contributed by atoms with Crippen LogP contribution in [0.1, 0.15) is 17.4 Å². The van der Waals surface area contributed by atoms with E-state index in [1.165, 1.54) is 16.0 Å². The molecule has 2 heterocycles. The van der Waals surface area contributed by atoms with Gasteiger partial charge in [0, 0.05) is 34.2 Å². The molecule has 4 rings (SSSR count). The molecule has 2 N–H and O–H groups in total. The van der Waals surface area contributed by atoms with Gasteiger partial charge < -0.3 is 10.1 Å². The van der Waals surface area contributed by atoms with Gasteiger partial charge in [-0.3, -0.25) is 5.10 Å². The minimum Gasteiger partial charge on any atom is -0.494 e. The van der Waals surface area contributed by atoms with E-state index in [4.69, 9.17) is 4.74 Å². The van der Waals surface area contributed by atoms with Crippen LogP contribution in [0.25, 0.3) is 11.3 Å². The number of benzene rings is 1. The summed E-state index contributed by atoms with van der Waals surface area (Å²) in [4.78, 5) is 1.41. The molecule has 0 fully saturated rings. The highest BCUT2D eigenvalue weighted by molar-refractivity contribution is 7.10. The molecule has 0 saturated heterocycles. The van der Waals surface area contributed by atoms with Crippen LogP contribution in [0, 0.1) is 0 Å². The van der Waals surface area contributed by atoms with Gasteiger partial charge in [-0.25, -0.2) is 0 Å². The van der Waals surface area contributed by atoms with Crippen LogP contribution in [0.3, 0.4) is 0 Å². The SMILES string of the molecule is CCOc1cccc(Nc2n[nH]c3c2Cc2sccc2-3)c1. The zero-order valence-corrected chi connectivity index (χ0v) is 12.5. The Bertz CT molecular complexity index is 790. The van der Waals surface area contributed by atoms with E-state index in [0.717, 1.165) is 29.4 Å². The summed E-state index contributed by atoms with van der Waals surface area (Å²) in [7, 11) is 0. The maximum atomic E-state index is 5.53. The molecule has 2 aromatic heterocycles. The maximum absolute atomic E-state index is 5.53. The Kier molecular flexibility index (Phi) is 2.93. The van der Waals surface area contributed by atoms with E-state index >= 15 is 0 Å². The van der Waals surface area contributed by atoms with Gasteiger partial charge in [0.2, 0.25) is 0 Å². The molecule has 3 aromatic rings. The van der Waals surface area contributed by atoms with Crippen molar-refractivity contribution in [3.63, 3.8) is 0 Å². The second-order valence-corrected chi connectivity index (χ2v) is 5.95. The highest BCUT2D eigenvalue weighted by Crippen LogP contribution is 2.42. The van der Waals surface area contributed by atoms with Gasteiger partial charge in [-0.2, -0.15) is 5.10 Å². The zero-order valence-electron chi connectivity index (χ0n) is 11.6.